The van der Waals surface area contributed by atoms with E-state index < -0.39 is 11.9 Å². The number of hydrogen-bond acceptors (Lipinski definition) is 2. The molecule has 0 bridgehead atoms. The van der Waals surface area contributed by atoms with Crippen LogP contribution in [0.5, 0.6) is 0 Å². The number of likely N-dealkylation sites (N-methyl/N-ethyl adjacent to an activating group) is 1. The summed E-state index contributed by atoms with van der Waals surface area (Å²) in [7, 11) is 1.42. The van der Waals surface area contributed by atoms with E-state index in [-0.39, 0.29) is 6.54 Å². The molecule has 1 rings (SSSR count). The monoisotopic (exact) mass is 143 g/mol. The zero-order chi connectivity index (χ0) is 7.78. The first-order valence-electron chi connectivity index (χ1n) is 2.68. The van der Waals surface area contributed by atoms with Crippen LogP contribution in [0.1, 0.15) is 0 Å². The predicted octanol–water partition coefficient (Wildman–Crippen LogP) is 0.367. The Kier molecular flexibility index (Phi) is 1.29. The highest BCUT2D eigenvalue weighted by molar-refractivity contribution is 5.70. The Bertz CT molecular complexity index is 210. The van der Waals surface area contributed by atoms with Crippen molar-refractivity contribution in [2.24, 2.45) is 0 Å². The average Bonchev–Trinajstić information content (AvgIpc) is 2.10. The summed E-state index contributed by atoms with van der Waals surface area (Å²) in [4.78, 5) is 11.6. The maximum Gasteiger partial charge on any atom is 0.413 e. The number of cyclic esters (lactones) is 1. The Morgan fingerprint density at radius 2 is 2.60 bits per heavy atom. The average molecular weight is 143 g/mol. The normalized spacial score (nSPS) is 31.7. The van der Waals surface area contributed by atoms with E-state index in [9.17, 15) is 9.18 Å². The van der Waals surface area contributed by atoms with Gasteiger partial charge in [-0.25, -0.2) is 4.79 Å². The highest BCUT2D eigenvalue weighted by Gasteiger charge is 2.42. The van der Waals surface area contributed by atoms with Gasteiger partial charge in [-0.05, 0) is 5.92 Å². The van der Waals surface area contributed by atoms with Crippen LogP contribution in [-0.4, -0.2) is 30.4 Å². The maximum absolute atomic E-state index is 12.8. The summed E-state index contributed by atoms with van der Waals surface area (Å²) in [5.41, 5.74) is 0. The van der Waals surface area contributed by atoms with Crippen molar-refractivity contribution in [3.8, 4) is 12.3 Å². The van der Waals surface area contributed by atoms with Gasteiger partial charge in [0.2, 0.25) is 0 Å². The van der Waals surface area contributed by atoms with Gasteiger partial charge in [0.25, 0.3) is 0 Å². The van der Waals surface area contributed by atoms with E-state index in [2.05, 4.69) is 4.74 Å². The first kappa shape index (κ1) is 6.87. The number of rotatable bonds is 0. The molecule has 1 saturated heterocycles. The smallest absolute Gasteiger partial charge is 0.399 e. The molecule has 0 aromatic heterocycles. The molecule has 0 saturated carbocycles. The summed E-state index contributed by atoms with van der Waals surface area (Å²) in [6.07, 6.45) is 4.04. The van der Waals surface area contributed by atoms with Gasteiger partial charge in [-0.15, -0.1) is 6.42 Å². The second-order valence-electron chi connectivity index (χ2n) is 2.10. The molecule has 0 aliphatic carbocycles. The van der Waals surface area contributed by atoms with Gasteiger partial charge in [-0.1, -0.05) is 0 Å². The molecular weight excluding hydrogens is 137 g/mol. The third-order valence-corrected chi connectivity index (χ3v) is 1.22. The summed E-state index contributed by atoms with van der Waals surface area (Å²) < 4.78 is 17.0. The molecule has 0 spiro atoms. The van der Waals surface area contributed by atoms with Gasteiger partial charge < -0.3 is 9.64 Å². The van der Waals surface area contributed by atoms with Crippen LogP contribution in [0.25, 0.3) is 0 Å². The lowest BCUT2D eigenvalue weighted by Crippen LogP contribution is -2.25. The van der Waals surface area contributed by atoms with Crippen LogP contribution in [0, 0.1) is 12.3 Å². The fourth-order valence-electron chi connectivity index (χ4n) is 0.693. The molecule has 10 heavy (non-hydrogen) atoms. The van der Waals surface area contributed by atoms with Crippen LogP contribution >= 0.6 is 0 Å². The molecule has 1 aliphatic rings. The summed E-state index contributed by atoms with van der Waals surface area (Å²) in [6, 6.07) is 0. The third-order valence-electron chi connectivity index (χ3n) is 1.22. The molecular formula is C6H6FNO2. The number of nitrogens with zero attached hydrogens (tertiary/aromatic N) is 1. The van der Waals surface area contributed by atoms with Gasteiger partial charge in [-0.3, -0.25) is 0 Å². The van der Waals surface area contributed by atoms with Gasteiger partial charge >= 0.3 is 11.9 Å². The van der Waals surface area contributed by atoms with Crippen LogP contribution in [0.3, 0.4) is 0 Å². The molecule has 0 N–H and O–H groups in total. The molecule has 3 nitrogen and oxygen atoms in total. The summed E-state index contributed by atoms with van der Waals surface area (Å²) in [5.74, 6) is -0.467. The predicted molar refractivity (Wildman–Crippen MR) is 31.8 cm³/mol. The van der Waals surface area contributed by atoms with E-state index in [0.29, 0.717) is 0 Å². The minimum absolute atomic E-state index is 0.192. The van der Waals surface area contributed by atoms with E-state index in [1.54, 1.807) is 5.92 Å². The van der Waals surface area contributed by atoms with Crippen molar-refractivity contribution in [1.82, 2.24) is 4.90 Å². The van der Waals surface area contributed by atoms with Crippen LogP contribution in [0.4, 0.5) is 9.18 Å². The standard InChI is InChI=1S/C6H6FNO2/c1-3-6(7)4-8(2)5(9)10-6/h1H,4H2,2H3. The van der Waals surface area contributed by atoms with Crippen molar-refractivity contribution in [1.29, 1.82) is 0 Å². The van der Waals surface area contributed by atoms with Crippen molar-refractivity contribution in [3.63, 3.8) is 0 Å². The zero-order valence-electron chi connectivity index (χ0n) is 5.43. The number of carbonyl (C=O) groups is 1. The highest BCUT2D eigenvalue weighted by atomic mass is 19.2. The van der Waals surface area contributed by atoms with Crippen molar-refractivity contribution in [2.75, 3.05) is 13.6 Å². The summed E-state index contributed by atoms with van der Waals surface area (Å²) in [6.45, 7) is -0.192. The number of halogens is 1. The first-order valence-corrected chi connectivity index (χ1v) is 2.68. The van der Waals surface area contributed by atoms with Crippen LogP contribution in [-0.2, 0) is 4.74 Å². The Morgan fingerprint density at radius 1 is 2.00 bits per heavy atom. The van der Waals surface area contributed by atoms with Crippen molar-refractivity contribution < 1.29 is 13.9 Å². The molecule has 4 heteroatoms. The van der Waals surface area contributed by atoms with Gasteiger partial charge in [0.05, 0.1) is 0 Å². The number of terminal acetylenes is 1. The van der Waals surface area contributed by atoms with Gasteiger partial charge in [0, 0.05) is 7.05 Å². The molecule has 1 amide bonds. The van der Waals surface area contributed by atoms with E-state index in [4.69, 9.17) is 6.42 Å². The molecule has 1 heterocycles. The van der Waals surface area contributed by atoms with E-state index >= 15 is 0 Å². The number of hydrogen-bond donors (Lipinski definition) is 0. The second-order valence-corrected chi connectivity index (χ2v) is 2.10. The van der Waals surface area contributed by atoms with Crippen LogP contribution in [0.15, 0.2) is 0 Å². The van der Waals surface area contributed by atoms with Crippen molar-refractivity contribution >= 4 is 6.09 Å². The SMILES string of the molecule is C#CC1(F)CN(C)C(=O)O1. The van der Waals surface area contributed by atoms with Gasteiger partial charge in [0.1, 0.15) is 6.54 Å². The van der Waals surface area contributed by atoms with E-state index in [1.165, 1.54) is 7.05 Å². The van der Waals surface area contributed by atoms with Crippen molar-refractivity contribution in [2.45, 2.75) is 5.85 Å². The van der Waals surface area contributed by atoms with E-state index in [1.807, 2.05) is 0 Å². The van der Waals surface area contributed by atoms with Gasteiger partial charge in [0.15, 0.2) is 0 Å². The number of carbonyl (C=O) groups excluding carboxylic acids is 1. The minimum Gasteiger partial charge on any atom is -0.399 e. The lowest BCUT2D eigenvalue weighted by molar-refractivity contribution is -0.00462. The zero-order valence-corrected chi connectivity index (χ0v) is 5.43. The fourth-order valence-corrected chi connectivity index (χ4v) is 0.693. The Hall–Kier alpha value is -1.24. The minimum atomic E-state index is -2.22. The molecule has 0 aromatic carbocycles. The lowest BCUT2D eigenvalue weighted by atomic mass is 10.3. The molecule has 1 unspecified atom stereocenters. The van der Waals surface area contributed by atoms with Crippen LogP contribution in [0.2, 0.25) is 0 Å². The summed E-state index contributed by atoms with van der Waals surface area (Å²) >= 11 is 0. The van der Waals surface area contributed by atoms with Crippen molar-refractivity contribution in [3.05, 3.63) is 0 Å². The molecule has 0 radical (unpaired) electrons. The quantitative estimate of drug-likeness (QED) is 0.458. The number of alkyl halides is 1. The second kappa shape index (κ2) is 1.87. The maximum atomic E-state index is 12.8. The molecule has 54 valence electrons. The fraction of sp³-hybridized carbons (Fsp3) is 0.500. The lowest BCUT2D eigenvalue weighted by Gasteiger charge is -2.06. The summed E-state index contributed by atoms with van der Waals surface area (Å²) in [5, 5.41) is 0. The molecule has 1 fully saturated rings. The number of ether oxygens (including phenoxy) is 1. The number of amides is 1. The third kappa shape index (κ3) is 0.903. The Balaban J connectivity index is 2.76. The highest BCUT2D eigenvalue weighted by Crippen LogP contribution is 2.21. The first-order chi connectivity index (χ1) is 4.57. The molecule has 1 aliphatic heterocycles. The molecule has 0 aromatic rings. The largest absolute Gasteiger partial charge is 0.413 e. The molecule has 1 atom stereocenters. The van der Waals surface area contributed by atoms with Crippen LogP contribution < -0.4 is 0 Å². The Morgan fingerprint density at radius 3 is 2.80 bits per heavy atom. The van der Waals surface area contributed by atoms with E-state index in [0.717, 1.165) is 4.90 Å². The topological polar surface area (TPSA) is 29.5 Å². The van der Waals surface area contributed by atoms with Gasteiger partial charge in [-0.2, -0.15) is 4.39 Å². The Labute approximate surface area is 57.8 Å².